The molecule has 11 nitrogen and oxygen atoms in total. The third kappa shape index (κ3) is 5.78. The summed E-state index contributed by atoms with van der Waals surface area (Å²) in [5.74, 6) is -4.70. The Morgan fingerprint density at radius 1 is 1.02 bits per heavy atom. The lowest BCUT2D eigenvalue weighted by Crippen LogP contribution is -2.42. The number of nitrogens with two attached hydrogens (primary N) is 1. The van der Waals surface area contributed by atoms with Crippen molar-refractivity contribution in [3.05, 3.63) is 96.9 Å². The van der Waals surface area contributed by atoms with Gasteiger partial charge in [-0.3, -0.25) is 19.2 Å². The number of hydrogen-bond donors (Lipinski definition) is 3. The molecular weight excluding hydrogens is 809 g/mol. The number of benzene rings is 3. The smallest absolute Gasteiger partial charge is 0.418 e. The molecule has 1 saturated heterocycles. The van der Waals surface area contributed by atoms with Crippen molar-refractivity contribution in [2.45, 2.75) is 33.7 Å². The first kappa shape index (κ1) is 35.1. The van der Waals surface area contributed by atoms with Crippen LogP contribution in [0.2, 0.25) is 0 Å². The van der Waals surface area contributed by atoms with E-state index in [1.807, 2.05) is 6.07 Å². The van der Waals surface area contributed by atoms with Gasteiger partial charge < -0.3 is 15.0 Å². The van der Waals surface area contributed by atoms with Gasteiger partial charge in [0.2, 0.25) is 21.8 Å². The van der Waals surface area contributed by atoms with Gasteiger partial charge in [0.05, 0.1) is 33.0 Å². The zero-order valence-electron chi connectivity index (χ0n) is 26.4. The minimum atomic E-state index is -4.78. The Hall–Kier alpha value is -3.97. The van der Waals surface area contributed by atoms with Crippen LogP contribution in [0.4, 0.5) is 24.5 Å². The zero-order valence-corrected chi connectivity index (χ0v) is 30.5. The maximum Gasteiger partial charge on any atom is 0.418 e. The van der Waals surface area contributed by atoms with E-state index in [0.717, 1.165) is 28.4 Å². The second kappa shape index (κ2) is 12.6. The number of primary sulfonamides is 1. The second-order valence-corrected chi connectivity index (χ2v) is 17.8. The van der Waals surface area contributed by atoms with Gasteiger partial charge in [0.25, 0.3) is 5.91 Å². The van der Waals surface area contributed by atoms with Gasteiger partial charge in [-0.15, -0.1) is 11.8 Å². The lowest BCUT2D eigenvalue weighted by atomic mass is 9.68. The van der Waals surface area contributed by atoms with Gasteiger partial charge in [0.1, 0.15) is 5.75 Å². The van der Waals surface area contributed by atoms with E-state index < -0.39 is 75.5 Å². The van der Waals surface area contributed by atoms with Gasteiger partial charge >= 0.3 is 11.0 Å². The molecule has 3 amide bonds. The number of amides is 3. The van der Waals surface area contributed by atoms with E-state index in [4.69, 9.17) is 9.88 Å². The van der Waals surface area contributed by atoms with Crippen molar-refractivity contribution in [1.82, 2.24) is 4.98 Å². The molecule has 7 atom stereocenters. The monoisotopic (exact) mass is 834 g/mol. The van der Waals surface area contributed by atoms with Crippen LogP contribution in [-0.2, 0) is 30.6 Å². The molecule has 3 fully saturated rings. The quantitative estimate of drug-likeness (QED) is 0.204. The number of alkyl halides is 3. The number of H-pyrrole nitrogens is 1. The number of imide groups is 1. The van der Waals surface area contributed by atoms with Crippen molar-refractivity contribution in [1.29, 1.82) is 0 Å². The highest BCUT2D eigenvalue weighted by Gasteiger charge is 2.70. The number of thiazole rings is 1. The molecule has 2 aliphatic heterocycles. The van der Waals surface area contributed by atoms with Gasteiger partial charge in [-0.05, 0) is 78.8 Å². The molecule has 2 saturated carbocycles. The number of hydrogen-bond acceptors (Lipinski definition) is 9. The zero-order chi connectivity index (χ0) is 36.9. The van der Waals surface area contributed by atoms with Crippen LogP contribution in [0.5, 0.6) is 5.75 Å². The predicted molar refractivity (Wildman–Crippen MR) is 189 cm³/mol. The van der Waals surface area contributed by atoms with Crippen LogP contribution >= 0.6 is 39.0 Å². The SMILES string of the molecule is NS(=O)(=O)c1ccc(NC(=O)COc2ccc(Br)cc2[C@@H]2c3sc(=O)[nH]c3S[C@@H]3[C@@H]4C[C@@H]([C@@H]5C(=O)N(c6ccccc6C(F)(F)F)C(=O)[C@@H]45)[C@H]23)cc1. The first-order valence-electron chi connectivity index (χ1n) is 15.9. The van der Waals surface area contributed by atoms with E-state index in [0.29, 0.717) is 37.8 Å². The number of nitrogens with zero attached hydrogens (tertiary/aromatic N) is 1. The molecule has 8 rings (SSSR count). The molecule has 4 aliphatic rings. The Balaban J connectivity index is 1.12. The summed E-state index contributed by atoms with van der Waals surface area (Å²) in [4.78, 5) is 57.7. The molecule has 270 valence electrons. The summed E-state index contributed by atoms with van der Waals surface area (Å²) in [5, 5.41) is 8.16. The van der Waals surface area contributed by atoms with E-state index >= 15 is 0 Å². The topological polar surface area (TPSA) is 169 Å². The molecule has 1 aromatic heterocycles. The summed E-state index contributed by atoms with van der Waals surface area (Å²) < 4.78 is 72.0. The molecule has 4 N–H and O–H groups in total. The Labute approximate surface area is 310 Å². The van der Waals surface area contributed by atoms with E-state index in [-0.39, 0.29) is 26.9 Å². The third-order valence-electron chi connectivity index (χ3n) is 10.3. The molecule has 4 aromatic rings. The van der Waals surface area contributed by atoms with E-state index in [1.165, 1.54) is 48.2 Å². The molecule has 0 spiro atoms. The fourth-order valence-electron chi connectivity index (χ4n) is 8.47. The number of nitrogens with one attached hydrogen (secondary N) is 2. The average Bonchev–Trinajstić information content (AvgIpc) is 3.82. The summed E-state index contributed by atoms with van der Waals surface area (Å²) >= 11 is 5.98. The van der Waals surface area contributed by atoms with Crippen molar-refractivity contribution >= 4 is 78.1 Å². The fourth-order valence-corrected chi connectivity index (χ4v) is 12.2. The lowest BCUT2D eigenvalue weighted by Gasteiger charge is -2.43. The number of thioether (sulfide) groups is 1. The van der Waals surface area contributed by atoms with Gasteiger partial charge in [0.15, 0.2) is 6.61 Å². The number of aromatic nitrogens is 1. The van der Waals surface area contributed by atoms with Crippen LogP contribution in [0.3, 0.4) is 0 Å². The minimum Gasteiger partial charge on any atom is -0.483 e. The minimum absolute atomic E-state index is 0.119. The third-order valence-corrected chi connectivity index (χ3v) is 14.3. The van der Waals surface area contributed by atoms with Crippen LogP contribution in [0.25, 0.3) is 0 Å². The molecule has 3 heterocycles. The molecule has 18 heteroatoms. The van der Waals surface area contributed by atoms with Gasteiger partial charge in [-0.2, -0.15) is 13.2 Å². The summed E-state index contributed by atoms with van der Waals surface area (Å²) in [7, 11) is -3.92. The summed E-state index contributed by atoms with van der Waals surface area (Å²) in [6, 6.07) is 15.1. The average molecular weight is 836 g/mol. The first-order valence-corrected chi connectivity index (χ1v) is 19.9. The first-order chi connectivity index (χ1) is 24.6. The predicted octanol–water partition coefficient (Wildman–Crippen LogP) is 5.56. The maximum atomic E-state index is 14.1. The van der Waals surface area contributed by atoms with Crippen LogP contribution in [0.1, 0.15) is 28.3 Å². The molecule has 0 radical (unpaired) electrons. The molecule has 2 bridgehead atoms. The molecule has 0 unspecified atom stereocenters. The van der Waals surface area contributed by atoms with Gasteiger partial charge in [-0.1, -0.05) is 39.4 Å². The standard InChI is InChI=1S/C34H26BrF3N4O7S3/c35-14-5-10-22(49-13-23(43)40-15-6-8-16(9-7-15)52(39,47)48)17(11-14)24-25-18-12-19(28(25)50-30-29(24)51-33(46)41-30)27-26(18)31(44)42(32(27)45)21-4-2-1-3-20(21)34(36,37)38/h1-11,18-19,24-28H,12-13H2,(H,40,43)(H,41,46)(H2,39,47,48)/t18-,19-,24+,25-,26+,27+,28-/m1/s1. The molecule has 52 heavy (non-hydrogen) atoms. The maximum absolute atomic E-state index is 14.1. The number of carbonyl (C=O) groups is 3. The summed E-state index contributed by atoms with van der Waals surface area (Å²) in [6.07, 6.45) is -4.27. The summed E-state index contributed by atoms with van der Waals surface area (Å²) in [6.45, 7) is -0.436. The fraction of sp³-hybridized carbons (Fsp3) is 0.294. The largest absolute Gasteiger partial charge is 0.483 e. The van der Waals surface area contributed by atoms with E-state index in [2.05, 4.69) is 26.2 Å². The molecule has 2 aliphatic carbocycles. The van der Waals surface area contributed by atoms with Gasteiger partial charge in [0, 0.05) is 31.8 Å². The summed E-state index contributed by atoms with van der Waals surface area (Å²) in [5.41, 5.74) is -0.596. The highest BCUT2D eigenvalue weighted by Crippen LogP contribution is 2.69. The van der Waals surface area contributed by atoms with Crippen molar-refractivity contribution in [2.75, 3.05) is 16.8 Å². The second-order valence-electron chi connectivity index (χ2n) is 13.1. The number of ether oxygens (including phenoxy) is 1. The van der Waals surface area contributed by atoms with Crippen LogP contribution < -0.4 is 25.0 Å². The number of para-hydroxylation sites is 1. The van der Waals surface area contributed by atoms with Crippen molar-refractivity contribution in [3.8, 4) is 5.75 Å². The van der Waals surface area contributed by atoms with Crippen LogP contribution in [0, 0.1) is 29.6 Å². The number of carbonyl (C=O) groups excluding carboxylic acids is 3. The van der Waals surface area contributed by atoms with Crippen LogP contribution in [-0.4, -0.2) is 43.0 Å². The molecular formula is C34H26BrF3N4O7S3. The van der Waals surface area contributed by atoms with Gasteiger partial charge in [-0.25, -0.2) is 18.5 Å². The van der Waals surface area contributed by atoms with E-state index in [9.17, 15) is 40.8 Å². The highest BCUT2D eigenvalue weighted by molar-refractivity contribution is 9.10. The Morgan fingerprint density at radius 3 is 2.40 bits per heavy atom. The van der Waals surface area contributed by atoms with Crippen LogP contribution in [0.15, 0.2) is 85.9 Å². The van der Waals surface area contributed by atoms with Crippen molar-refractivity contribution in [3.63, 3.8) is 0 Å². The lowest BCUT2D eigenvalue weighted by molar-refractivity contribution is -0.137. The van der Waals surface area contributed by atoms with Crippen molar-refractivity contribution in [2.24, 2.45) is 34.7 Å². The highest BCUT2D eigenvalue weighted by atomic mass is 79.9. The van der Waals surface area contributed by atoms with E-state index in [1.54, 1.807) is 12.1 Å². The van der Waals surface area contributed by atoms with Crippen molar-refractivity contribution < 1.29 is 40.7 Å². The number of aromatic amines is 1. The number of anilines is 2. The Morgan fingerprint density at radius 2 is 1.71 bits per heavy atom. The number of halogens is 4. The number of fused-ring (bicyclic) bond motifs is 9. The molecule has 3 aromatic carbocycles. The Bertz CT molecular complexity index is 2330. The number of sulfonamides is 1. The normalized spacial score (nSPS) is 26.2. The number of rotatable bonds is 7. The Kier molecular flexibility index (Phi) is 8.48.